The van der Waals surface area contributed by atoms with Crippen molar-refractivity contribution in [1.82, 2.24) is 0 Å². The van der Waals surface area contributed by atoms with E-state index in [1.165, 1.54) is 18.2 Å². The van der Waals surface area contributed by atoms with Crippen molar-refractivity contribution in [2.24, 2.45) is 0 Å². The Morgan fingerprint density at radius 1 is 1.16 bits per heavy atom. The molecule has 2 rings (SSSR count). The highest BCUT2D eigenvalue weighted by molar-refractivity contribution is 14.1. The molecule has 0 heterocycles. The lowest BCUT2D eigenvalue weighted by molar-refractivity contribution is 0.262. The molecule has 3 nitrogen and oxygen atoms in total. The number of anilines is 2. The second kappa shape index (κ2) is 6.21. The van der Waals surface area contributed by atoms with Crippen LogP contribution in [0.3, 0.4) is 0 Å². The second-order valence-corrected chi connectivity index (χ2v) is 5.37. The zero-order chi connectivity index (χ0) is 13.8. The normalized spacial score (nSPS) is 10.1. The van der Waals surface area contributed by atoms with Gasteiger partial charge in [-0.3, -0.25) is 0 Å². The van der Waals surface area contributed by atoms with Crippen molar-refractivity contribution in [1.29, 1.82) is 0 Å². The van der Waals surface area contributed by atoms with E-state index < -0.39 is 11.8 Å². The number of hydrogen-bond donors (Lipinski definition) is 2. The summed E-state index contributed by atoms with van der Waals surface area (Å²) in [5, 5.41) is 5.57. The summed E-state index contributed by atoms with van der Waals surface area (Å²) in [5.41, 5.74) is 0.870. The molecule has 6 heteroatoms. The first kappa shape index (κ1) is 14.1. The zero-order valence-electron chi connectivity index (χ0n) is 9.58. The summed E-state index contributed by atoms with van der Waals surface area (Å²) < 4.78 is 13.9. The highest BCUT2D eigenvalue weighted by Gasteiger charge is 2.06. The smallest absolute Gasteiger partial charge is 0.308 e. The largest absolute Gasteiger partial charge is 0.323 e. The lowest BCUT2D eigenvalue weighted by atomic mass is 10.3. The molecule has 0 fully saturated rings. The van der Waals surface area contributed by atoms with E-state index in [4.69, 9.17) is 11.6 Å². The molecule has 0 aromatic heterocycles. The Kier molecular flexibility index (Phi) is 4.60. The molecular weight excluding hydrogens is 382 g/mol. The van der Waals surface area contributed by atoms with Crippen molar-refractivity contribution < 1.29 is 9.18 Å². The third kappa shape index (κ3) is 4.07. The van der Waals surface area contributed by atoms with Gasteiger partial charge in [0.2, 0.25) is 0 Å². The van der Waals surface area contributed by atoms with Crippen molar-refractivity contribution in [3.8, 4) is 0 Å². The zero-order valence-corrected chi connectivity index (χ0v) is 12.5. The first-order valence-corrected chi connectivity index (χ1v) is 6.79. The van der Waals surface area contributed by atoms with Gasteiger partial charge in [0, 0.05) is 9.26 Å². The number of carbonyl (C=O) groups is 1. The van der Waals surface area contributed by atoms with Gasteiger partial charge in [0.25, 0.3) is 0 Å². The maximum absolute atomic E-state index is 13.0. The summed E-state index contributed by atoms with van der Waals surface area (Å²) in [6, 6.07) is 10.4. The number of nitrogens with one attached hydrogen (secondary N) is 2. The van der Waals surface area contributed by atoms with Crippen LogP contribution in [0.25, 0.3) is 0 Å². The molecule has 0 aliphatic heterocycles. The van der Waals surface area contributed by atoms with Gasteiger partial charge in [-0.15, -0.1) is 0 Å². The third-order valence-corrected chi connectivity index (χ3v) is 3.25. The number of halogens is 3. The maximum Gasteiger partial charge on any atom is 0.323 e. The molecule has 0 atom stereocenters. The fraction of sp³-hybridized carbons (Fsp3) is 0. The third-order valence-electron chi connectivity index (χ3n) is 2.26. The molecule has 2 aromatic carbocycles. The minimum Gasteiger partial charge on any atom is -0.308 e. The van der Waals surface area contributed by atoms with E-state index in [1.807, 2.05) is 6.07 Å². The fourth-order valence-electron chi connectivity index (χ4n) is 1.44. The van der Waals surface area contributed by atoms with Crippen LogP contribution < -0.4 is 10.6 Å². The molecule has 0 saturated carbocycles. The predicted octanol–water partition coefficient (Wildman–Crippen LogP) is 4.73. The van der Waals surface area contributed by atoms with Crippen LogP contribution in [0.2, 0.25) is 5.02 Å². The van der Waals surface area contributed by atoms with Crippen LogP contribution in [0.1, 0.15) is 0 Å². The monoisotopic (exact) mass is 390 g/mol. The van der Waals surface area contributed by atoms with Gasteiger partial charge in [-0.1, -0.05) is 17.7 Å². The molecule has 2 amide bonds. The quantitative estimate of drug-likeness (QED) is 0.715. The molecule has 19 heavy (non-hydrogen) atoms. The topological polar surface area (TPSA) is 41.1 Å². The first-order valence-electron chi connectivity index (χ1n) is 5.33. The Hall–Kier alpha value is -1.34. The van der Waals surface area contributed by atoms with Crippen molar-refractivity contribution in [2.75, 3.05) is 10.6 Å². The average molecular weight is 391 g/mol. The van der Waals surface area contributed by atoms with Crippen LogP contribution in [-0.2, 0) is 0 Å². The Balaban J connectivity index is 2.05. The standard InChI is InChI=1S/C13H9ClFIN2O/c14-11-7-9(16)4-5-12(11)18-13(19)17-10-3-1-2-8(15)6-10/h1-7H,(H2,17,18,19). The van der Waals surface area contributed by atoms with E-state index in [1.54, 1.807) is 18.2 Å². The van der Waals surface area contributed by atoms with Crippen LogP contribution in [0.5, 0.6) is 0 Å². The van der Waals surface area contributed by atoms with E-state index in [2.05, 4.69) is 33.2 Å². The van der Waals surface area contributed by atoms with Gasteiger partial charge < -0.3 is 10.6 Å². The van der Waals surface area contributed by atoms with E-state index >= 15 is 0 Å². The highest BCUT2D eigenvalue weighted by atomic mass is 127. The molecule has 0 saturated heterocycles. The minimum absolute atomic E-state index is 0.374. The van der Waals surface area contributed by atoms with E-state index in [0.29, 0.717) is 16.4 Å². The van der Waals surface area contributed by atoms with Crippen LogP contribution in [0, 0.1) is 9.39 Å². The number of benzene rings is 2. The number of hydrogen-bond acceptors (Lipinski definition) is 1. The number of rotatable bonds is 2. The molecule has 98 valence electrons. The maximum atomic E-state index is 13.0. The van der Waals surface area contributed by atoms with Gasteiger partial charge in [-0.25, -0.2) is 9.18 Å². The molecule has 0 unspecified atom stereocenters. The summed E-state index contributed by atoms with van der Waals surface area (Å²) in [6.07, 6.45) is 0. The van der Waals surface area contributed by atoms with Crippen molar-refractivity contribution in [3.05, 3.63) is 56.9 Å². The molecule has 0 aliphatic carbocycles. The van der Waals surface area contributed by atoms with Gasteiger partial charge in [0.15, 0.2) is 0 Å². The molecule has 2 N–H and O–H groups in total. The van der Waals surface area contributed by atoms with Gasteiger partial charge >= 0.3 is 6.03 Å². The Morgan fingerprint density at radius 2 is 1.95 bits per heavy atom. The van der Waals surface area contributed by atoms with Crippen LogP contribution in [0.15, 0.2) is 42.5 Å². The van der Waals surface area contributed by atoms with Crippen LogP contribution >= 0.6 is 34.2 Å². The summed E-state index contributed by atoms with van der Waals surface area (Å²) >= 11 is 8.12. The molecular formula is C13H9ClFIN2O. The van der Waals surface area contributed by atoms with Crippen molar-refractivity contribution in [2.45, 2.75) is 0 Å². The lowest BCUT2D eigenvalue weighted by Crippen LogP contribution is -2.19. The van der Waals surface area contributed by atoms with E-state index in [0.717, 1.165) is 3.57 Å². The Bertz CT molecular complexity index is 621. The summed E-state index contributed by atoms with van der Waals surface area (Å²) in [4.78, 5) is 11.7. The molecule has 0 bridgehead atoms. The van der Waals surface area contributed by atoms with Gasteiger partial charge in [0.05, 0.1) is 10.7 Å². The lowest BCUT2D eigenvalue weighted by Gasteiger charge is -2.09. The van der Waals surface area contributed by atoms with Gasteiger partial charge in [0.1, 0.15) is 5.82 Å². The van der Waals surface area contributed by atoms with Crippen molar-refractivity contribution in [3.63, 3.8) is 0 Å². The number of amides is 2. The molecule has 0 radical (unpaired) electrons. The fourth-order valence-corrected chi connectivity index (χ4v) is 2.34. The Morgan fingerprint density at radius 3 is 2.63 bits per heavy atom. The highest BCUT2D eigenvalue weighted by Crippen LogP contribution is 2.24. The SMILES string of the molecule is O=C(Nc1cccc(F)c1)Nc1ccc(I)cc1Cl. The summed E-state index contributed by atoms with van der Waals surface area (Å²) in [7, 11) is 0. The van der Waals surface area contributed by atoms with Crippen LogP contribution in [0.4, 0.5) is 20.6 Å². The average Bonchev–Trinajstić information content (AvgIpc) is 2.33. The molecule has 2 aromatic rings. The van der Waals surface area contributed by atoms with E-state index in [-0.39, 0.29) is 0 Å². The van der Waals surface area contributed by atoms with Gasteiger partial charge in [-0.05, 0) is 59.0 Å². The number of urea groups is 1. The first-order chi connectivity index (χ1) is 9.04. The van der Waals surface area contributed by atoms with Crippen LogP contribution in [-0.4, -0.2) is 6.03 Å². The second-order valence-electron chi connectivity index (χ2n) is 3.71. The summed E-state index contributed by atoms with van der Waals surface area (Å²) in [5.74, 6) is -0.412. The molecule has 0 spiro atoms. The molecule has 0 aliphatic rings. The van der Waals surface area contributed by atoms with Crippen molar-refractivity contribution >= 4 is 51.6 Å². The Labute approximate surface area is 128 Å². The predicted molar refractivity (Wildman–Crippen MR) is 83.2 cm³/mol. The number of carbonyl (C=O) groups excluding carboxylic acids is 1. The van der Waals surface area contributed by atoms with E-state index in [9.17, 15) is 9.18 Å². The van der Waals surface area contributed by atoms with Gasteiger partial charge in [-0.2, -0.15) is 0 Å². The summed E-state index contributed by atoms with van der Waals surface area (Å²) in [6.45, 7) is 0. The minimum atomic E-state index is -0.478.